The van der Waals surface area contributed by atoms with Crippen molar-refractivity contribution >= 4 is 23.4 Å². The first-order valence-electron chi connectivity index (χ1n) is 9.48. The van der Waals surface area contributed by atoms with Crippen molar-refractivity contribution in [1.29, 1.82) is 0 Å². The van der Waals surface area contributed by atoms with Crippen molar-refractivity contribution < 1.29 is 18.0 Å². The van der Waals surface area contributed by atoms with Crippen molar-refractivity contribution in [2.24, 2.45) is 0 Å². The van der Waals surface area contributed by atoms with Gasteiger partial charge in [0.05, 0.1) is 11.9 Å². The Labute approximate surface area is 177 Å². The fourth-order valence-electron chi connectivity index (χ4n) is 2.62. The number of carbonyl (C=O) groups excluding carboxylic acids is 1. The highest BCUT2D eigenvalue weighted by atomic mass is 19.1. The lowest BCUT2D eigenvalue weighted by atomic mass is 10.2. The van der Waals surface area contributed by atoms with Crippen molar-refractivity contribution in [2.75, 3.05) is 17.7 Å². The summed E-state index contributed by atoms with van der Waals surface area (Å²) in [4.78, 5) is 22.1. The molecule has 31 heavy (non-hydrogen) atoms. The normalized spacial score (nSPS) is 10.9. The minimum atomic E-state index is -0.984. The molecule has 0 atom stereocenters. The van der Waals surface area contributed by atoms with E-state index in [0.717, 1.165) is 0 Å². The Balaban J connectivity index is 1.63. The van der Waals surface area contributed by atoms with Crippen LogP contribution < -0.4 is 10.6 Å². The van der Waals surface area contributed by atoms with Crippen LogP contribution in [0.15, 0.2) is 36.8 Å². The number of nitrogens with zero attached hydrogens (tertiary/aromatic N) is 5. The zero-order valence-electron chi connectivity index (χ0n) is 17.2. The molecular formula is C20H22F3N7O. The van der Waals surface area contributed by atoms with Crippen molar-refractivity contribution in [1.82, 2.24) is 24.6 Å². The third-order valence-electron chi connectivity index (χ3n) is 4.56. The van der Waals surface area contributed by atoms with Gasteiger partial charge in [-0.2, -0.15) is 10.1 Å². The van der Waals surface area contributed by atoms with Gasteiger partial charge in [-0.25, -0.2) is 18.2 Å². The predicted octanol–water partition coefficient (Wildman–Crippen LogP) is 3.31. The first-order chi connectivity index (χ1) is 14.7. The molecule has 0 unspecified atom stereocenters. The predicted molar refractivity (Wildman–Crippen MR) is 109 cm³/mol. The summed E-state index contributed by atoms with van der Waals surface area (Å²) in [6.45, 7) is 3.71. The first-order valence-corrected chi connectivity index (χ1v) is 9.48. The monoisotopic (exact) mass is 433 g/mol. The molecule has 1 aromatic carbocycles. The largest absolute Gasteiger partial charge is 0.366 e. The zero-order valence-corrected chi connectivity index (χ0v) is 17.2. The summed E-state index contributed by atoms with van der Waals surface area (Å²) in [5, 5.41) is 9.87. The summed E-state index contributed by atoms with van der Waals surface area (Å²) in [6.07, 6.45) is 4.62. The number of hydrogen-bond donors (Lipinski definition) is 2. The second-order valence-corrected chi connectivity index (χ2v) is 7.12. The minimum absolute atomic E-state index is 0.0765. The second-order valence-electron chi connectivity index (χ2n) is 7.12. The van der Waals surface area contributed by atoms with Gasteiger partial charge >= 0.3 is 0 Å². The Morgan fingerprint density at radius 2 is 1.94 bits per heavy atom. The molecule has 164 valence electrons. The zero-order chi connectivity index (χ0) is 22.5. The smallest absolute Gasteiger partial charge is 0.244 e. The molecule has 0 aliphatic carbocycles. The summed E-state index contributed by atoms with van der Waals surface area (Å²) in [6, 6.07) is 2.85. The highest BCUT2D eigenvalue weighted by Crippen LogP contribution is 2.18. The third kappa shape index (κ3) is 5.71. The van der Waals surface area contributed by atoms with Gasteiger partial charge in [0.2, 0.25) is 11.9 Å². The van der Waals surface area contributed by atoms with Gasteiger partial charge in [-0.1, -0.05) is 0 Å². The minimum Gasteiger partial charge on any atom is -0.366 e. The molecule has 8 nitrogen and oxygen atoms in total. The molecule has 3 rings (SSSR count). The Morgan fingerprint density at radius 3 is 2.61 bits per heavy atom. The Morgan fingerprint density at radius 1 is 1.23 bits per heavy atom. The van der Waals surface area contributed by atoms with Gasteiger partial charge in [0.1, 0.15) is 29.8 Å². The SMILES string of the molecule is CC(C)N(C)C(=O)Cn1cc(Nc2nccc(NCc3c(F)cc(F)cc3F)n2)cn1. The van der Waals surface area contributed by atoms with E-state index in [1.165, 1.54) is 23.1 Å². The fraction of sp³-hybridized carbons (Fsp3) is 0.300. The van der Waals surface area contributed by atoms with E-state index in [1.54, 1.807) is 18.1 Å². The second kappa shape index (κ2) is 9.45. The van der Waals surface area contributed by atoms with Crippen LogP contribution in [0, 0.1) is 17.5 Å². The van der Waals surface area contributed by atoms with Crippen LogP contribution in [0.5, 0.6) is 0 Å². The highest BCUT2D eigenvalue weighted by Gasteiger charge is 2.14. The third-order valence-corrected chi connectivity index (χ3v) is 4.56. The van der Waals surface area contributed by atoms with E-state index in [2.05, 4.69) is 25.7 Å². The molecule has 0 saturated carbocycles. The Hall–Kier alpha value is -3.63. The number of anilines is 3. The summed E-state index contributed by atoms with van der Waals surface area (Å²) < 4.78 is 42.0. The molecule has 0 aliphatic heterocycles. The van der Waals surface area contributed by atoms with Gasteiger partial charge < -0.3 is 15.5 Å². The summed E-state index contributed by atoms with van der Waals surface area (Å²) in [5.41, 5.74) is 0.264. The highest BCUT2D eigenvalue weighted by molar-refractivity contribution is 5.76. The average Bonchev–Trinajstić information content (AvgIpc) is 3.13. The van der Waals surface area contributed by atoms with Crippen LogP contribution in [-0.4, -0.2) is 43.6 Å². The Bertz CT molecular complexity index is 1050. The molecular weight excluding hydrogens is 411 g/mol. The number of rotatable bonds is 8. The van der Waals surface area contributed by atoms with Crippen molar-refractivity contribution in [2.45, 2.75) is 33.0 Å². The van der Waals surface area contributed by atoms with E-state index < -0.39 is 17.5 Å². The lowest BCUT2D eigenvalue weighted by molar-refractivity contribution is -0.132. The number of carbonyl (C=O) groups is 1. The fourth-order valence-corrected chi connectivity index (χ4v) is 2.62. The number of aromatic nitrogens is 4. The van der Waals surface area contributed by atoms with Crippen LogP contribution in [0.4, 0.5) is 30.6 Å². The number of benzene rings is 1. The molecule has 2 heterocycles. The maximum atomic E-state index is 13.8. The quantitative estimate of drug-likeness (QED) is 0.567. The van der Waals surface area contributed by atoms with E-state index in [0.29, 0.717) is 23.6 Å². The van der Waals surface area contributed by atoms with Crippen LogP contribution in [0.25, 0.3) is 0 Å². The van der Waals surface area contributed by atoms with Crippen molar-refractivity contribution in [3.63, 3.8) is 0 Å². The number of amides is 1. The van der Waals surface area contributed by atoms with Crippen molar-refractivity contribution in [3.8, 4) is 0 Å². The molecule has 1 amide bonds. The number of nitrogens with one attached hydrogen (secondary N) is 2. The lowest BCUT2D eigenvalue weighted by Gasteiger charge is -2.21. The molecule has 0 bridgehead atoms. The number of halogens is 3. The number of hydrogen-bond acceptors (Lipinski definition) is 6. The topological polar surface area (TPSA) is 88.0 Å². The first kappa shape index (κ1) is 22.1. The summed E-state index contributed by atoms with van der Waals surface area (Å²) in [7, 11) is 1.73. The Kier molecular flexibility index (Phi) is 6.73. The van der Waals surface area contributed by atoms with E-state index in [1.807, 2.05) is 13.8 Å². The van der Waals surface area contributed by atoms with Crippen LogP contribution >= 0.6 is 0 Å². The summed E-state index contributed by atoms with van der Waals surface area (Å²) >= 11 is 0. The van der Waals surface area contributed by atoms with Crippen molar-refractivity contribution in [3.05, 3.63) is 59.8 Å². The van der Waals surface area contributed by atoms with E-state index >= 15 is 0 Å². The van der Waals surface area contributed by atoms with Gasteiger partial charge in [-0.05, 0) is 19.9 Å². The molecule has 3 aromatic rings. The van der Waals surface area contributed by atoms with Crippen LogP contribution in [0.2, 0.25) is 0 Å². The molecule has 0 radical (unpaired) electrons. The van der Waals surface area contributed by atoms with E-state index in [9.17, 15) is 18.0 Å². The van der Waals surface area contributed by atoms with E-state index in [4.69, 9.17) is 0 Å². The molecule has 0 fully saturated rings. The molecule has 11 heteroatoms. The van der Waals surface area contributed by atoms with Crippen LogP contribution in [-0.2, 0) is 17.9 Å². The summed E-state index contributed by atoms with van der Waals surface area (Å²) in [5.74, 6) is -2.50. The maximum absolute atomic E-state index is 13.8. The van der Waals surface area contributed by atoms with Crippen LogP contribution in [0.1, 0.15) is 19.4 Å². The van der Waals surface area contributed by atoms with Gasteiger partial charge in [0, 0.05) is 49.7 Å². The molecule has 2 N–H and O–H groups in total. The molecule has 0 spiro atoms. The molecule has 0 saturated heterocycles. The van der Waals surface area contributed by atoms with Gasteiger partial charge in [-0.15, -0.1) is 0 Å². The van der Waals surface area contributed by atoms with E-state index in [-0.39, 0.29) is 36.6 Å². The van der Waals surface area contributed by atoms with Gasteiger partial charge in [0.25, 0.3) is 0 Å². The van der Waals surface area contributed by atoms with Gasteiger partial charge in [0.15, 0.2) is 0 Å². The molecule has 2 aromatic heterocycles. The molecule has 0 aliphatic rings. The average molecular weight is 433 g/mol. The maximum Gasteiger partial charge on any atom is 0.244 e. The van der Waals surface area contributed by atoms with Crippen LogP contribution in [0.3, 0.4) is 0 Å². The van der Waals surface area contributed by atoms with Gasteiger partial charge in [-0.3, -0.25) is 9.48 Å². The standard InChI is InChI=1S/C20H22F3N7O/c1-12(2)29(3)19(31)11-30-10-14(8-26-30)27-20-24-5-4-18(28-20)25-9-15-16(22)6-13(21)7-17(15)23/h4-8,10,12H,9,11H2,1-3H3,(H2,24,25,27,28). The number of likely N-dealkylation sites (N-methyl/N-ethyl adjacent to an activating group) is 1. The lowest BCUT2D eigenvalue weighted by Crippen LogP contribution is -2.35.